The van der Waals surface area contributed by atoms with E-state index < -0.39 is 0 Å². The molecular weight excluding hydrogens is 328 g/mol. The standard InChI is InChI=1S/C22H22O4/c1-5-21(17-7-11-19(12-8-17)25-15(3)23)22(6-2)18-9-13-20(14-10-18)26-16(4)24/h5-14H,1-4H3/b21-5+,22-6+. The summed E-state index contributed by atoms with van der Waals surface area (Å²) in [5.74, 6) is 0.353. The third-order valence-corrected chi connectivity index (χ3v) is 3.72. The minimum absolute atomic E-state index is 0.342. The van der Waals surface area contributed by atoms with Crippen LogP contribution in [0.4, 0.5) is 0 Å². The predicted octanol–water partition coefficient (Wildman–Crippen LogP) is 5.04. The number of allylic oxidation sites excluding steroid dienone is 4. The fourth-order valence-electron chi connectivity index (χ4n) is 2.69. The Bertz CT molecular complexity index is 767. The van der Waals surface area contributed by atoms with Crippen molar-refractivity contribution in [1.29, 1.82) is 0 Å². The molecule has 0 amide bonds. The number of hydrogen-bond donors (Lipinski definition) is 0. The number of benzene rings is 2. The van der Waals surface area contributed by atoms with E-state index in [-0.39, 0.29) is 11.9 Å². The van der Waals surface area contributed by atoms with Gasteiger partial charge in [0.25, 0.3) is 0 Å². The van der Waals surface area contributed by atoms with Crippen LogP contribution in [0.15, 0.2) is 60.7 Å². The molecule has 0 bridgehead atoms. The van der Waals surface area contributed by atoms with Gasteiger partial charge in [-0.3, -0.25) is 9.59 Å². The van der Waals surface area contributed by atoms with Gasteiger partial charge in [-0.15, -0.1) is 0 Å². The van der Waals surface area contributed by atoms with Gasteiger partial charge in [-0.05, 0) is 60.4 Å². The van der Waals surface area contributed by atoms with Crippen molar-refractivity contribution in [1.82, 2.24) is 0 Å². The lowest BCUT2D eigenvalue weighted by atomic mass is 9.92. The smallest absolute Gasteiger partial charge is 0.308 e. The topological polar surface area (TPSA) is 52.6 Å². The molecule has 0 fully saturated rings. The third-order valence-electron chi connectivity index (χ3n) is 3.72. The first kappa shape index (κ1) is 19.2. The van der Waals surface area contributed by atoms with Crippen LogP contribution in [-0.4, -0.2) is 11.9 Å². The van der Waals surface area contributed by atoms with E-state index in [1.807, 2.05) is 50.3 Å². The van der Waals surface area contributed by atoms with Gasteiger partial charge in [0.1, 0.15) is 11.5 Å². The molecule has 0 unspecified atom stereocenters. The van der Waals surface area contributed by atoms with Gasteiger partial charge in [-0.25, -0.2) is 0 Å². The van der Waals surface area contributed by atoms with Gasteiger partial charge in [0.15, 0.2) is 0 Å². The molecule has 0 atom stereocenters. The molecule has 4 heteroatoms. The lowest BCUT2D eigenvalue weighted by molar-refractivity contribution is -0.132. The molecule has 0 saturated heterocycles. The predicted molar refractivity (Wildman–Crippen MR) is 103 cm³/mol. The normalized spacial score (nSPS) is 11.8. The summed E-state index contributed by atoms with van der Waals surface area (Å²) in [4.78, 5) is 22.1. The average molecular weight is 350 g/mol. The molecule has 0 heterocycles. The summed E-state index contributed by atoms with van der Waals surface area (Å²) < 4.78 is 10.2. The van der Waals surface area contributed by atoms with Crippen molar-refractivity contribution in [2.75, 3.05) is 0 Å². The summed E-state index contributed by atoms with van der Waals surface area (Å²) in [6.07, 6.45) is 4.08. The van der Waals surface area contributed by atoms with E-state index in [4.69, 9.17) is 9.47 Å². The number of hydrogen-bond acceptors (Lipinski definition) is 4. The van der Waals surface area contributed by atoms with E-state index >= 15 is 0 Å². The maximum atomic E-state index is 11.0. The Balaban J connectivity index is 2.29. The first-order valence-corrected chi connectivity index (χ1v) is 8.35. The quantitative estimate of drug-likeness (QED) is 0.430. The highest BCUT2D eigenvalue weighted by Crippen LogP contribution is 2.33. The maximum absolute atomic E-state index is 11.0. The highest BCUT2D eigenvalue weighted by atomic mass is 16.5. The molecule has 0 aliphatic rings. The van der Waals surface area contributed by atoms with E-state index in [2.05, 4.69) is 0 Å². The molecule has 0 saturated carbocycles. The van der Waals surface area contributed by atoms with E-state index in [1.54, 1.807) is 24.3 Å². The van der Waals surface area contributed by atoms with Crippen molar-refractivity contribution in [3.05, 3.63) is 71.8 Å². The third kappa shape index (κ3) is 4.93. The SMILES string of the molecule is C/C=C(/C(=C/C)c1ccc(OC(C)=O)cc1)c1ccc(OC(C)=O)cc1. The fourth-order valence-corrected chi connectivity index (χ4v) is 2.69. The zero-order valence-electron chi connectivity index (χ0n) is 15.4. The van der Waals surface area contributed by atoms with Crippen molar-refractivity contribution < 1.29 is 19.1 Å². The van der Waals surface area contributed by atoms with Crippen molar-refractivity contribution >= 4 is 23.1 Å². The molecule has 2 aromatic rings. The van der Waals surface area contributed by atoms with Crippen molar-refractivity contribution in [2.24, 2.45) is 0 Å². The van der Waals surface area contributed by atoms with Crippen LogP contribution in [0, 0.1) is 0 Å². The molecule has 2 aromatic carbocycles. The van der Waals surface area contributed by atoms with Gasteiger partial charge in [0.2, 0.25) is 0 Å². The van der Waals surface area contributed by atoms with E-state index in [9.17, 15) is 9.59 Å². The lowest BCUT2D eigenvalue weighted by Gasteiger charge is -2.14. The molecule has 4 nitrogen and oxygen atoms in total. The second kappa shape index (κ2) is 8.81. The molecule has 0 aromatic heterocycles. The van der Waals surface area contributed by atoms with Crippen molar-refractivity contribution in [2.45, 2.75) is 27.7 Å². The largest absolute Gasteiger partial charge is 0.427 e. The van der Waals surface area contributed by atoms with E-state index in [0.717, 1.165) is 22.3 Å². The first-order chi connectivity index (χ1) is 12.4. The van der Waals surface area contributed by atoms with Gasteiger partial charge < -0.3 is 9.47 Å². The molecule has 0 aliphatic heterocycles. The molecule has 0 N–H and O–H groups in total. The van der Waals surface area contributed by atoms with Crippen LogP contribution in [0.1, 0.15) is 38.8 Å². The Morgan fingerprint density at radius 1 is 0.654 bits per heavy atom. The zero-order valence-corrected chi connectivity index (χ0v) is 15.4. The second-order valence-electron chi connectivity index (χ2n) is 5.64. The Labute approximate surface area is 153 Å². The van der Waals surface area contributed by atoms with Crippen LogP contribution in [-0.2, 0) is 9.59 Å². The average Bonchev–Trinajstić information content (AvgIpc) is 2.60. The second-order valence-corrected chi connectivity index (χ2v) is 5.64. The highest BCUT2D eigenvalue weighted by Gasteiger charge is 2.10. The molecule has 26 heavy (non-hydrogen) atoms. The van der Waals surface area contributed by atoms with Gasteiger partial charge in [0.05, 0.1) is 0 Å². The molecule has 134 valence electrons. The van der Waals surface area contributed by atoms with Gasteiger partial charge in [0, 0.05) is 13.8 Å². The van der Waals surface area contributed by atoms with Crippen LogP contribution >= 0.6 is 0 Å². The number of ether oxygens (including phenoxy) is 2. The van der Waals surface area contributed by atoms with Crippen molar-refractivity contribution in [3.8, 4) is 11.5 Å². The summed E-state index contributed by atoms with van der Waals surface area (Å²) in [5, 5.41) is 0. The van der Waals surface area contributed by atoms with Gasteiger partial charge in [-0.1, -0.05) is 36.4 Å². The van der Waals surface area contributed by atoms with E-state index in [1.165, 1.54) is 13.8 Å². The maximum Gasteiger partial charge on any atom is 0.308 e. The highest BCUT2D eigenvalue weighted by molar-refractivity contribution is 6.04. The minimum Gasteiger partial charge on any atom is -0.427 e. The molecule has 2 rings (SSSR count). The monoisotopic (exact) mass is 350 g/mol. The molecular formula is C22H22O4. The van der Waals surface area contributed by atoms with Crippen LogP contribution in [0.5, 0.6) is 11.5 Å². The summed E-state index contributed by atoms with van der Waals surface area (Å²) in [5.41, 5.74) is 4.14. The Morgan fingerprint density at radius 3 is 1.19 bits per heavy atom. The number of carbonyl (C=O) groups is 2. The van der Waals surface area contributed by atoms with Gasteiger partial charge >= 0.3 is 11.9 Å². The Morgan fingerprint density at radius 2 is 0.962 bits per heavy atom. The zero-order chi connectivity index (χ0) is 19.1. The molecule has 0 spiro atoms. The summed E-state index contributed by atoms with van der Waals surface area (Å²) in [6, 6.07) is 14.8. The van der Waals surface area contributed by atoms with Crippen molar-refractivity contribution in [3.63, 3.8) is 0 Å². The summed E-state index contributed by atoms with van der Waals surface area (Å²) >= 11 is 0. The first-order valence-electron chi connectivity index (χ1n) is 8.35. The van der Waals surface area contributed by atoms with Crippen LogP contribution in [0.2, 0.25) is 0 Å². The van der Waals surface area contributed by atoms with E-state index in [0.29, 0.717) is 11.5 Å². The fraction of sp³-hybridized carbons (Fsp3) is 0.182. The summed E-state index contributed by atoms with van der Waals surface area (Å²) in [7, 11) is 0. The van der Waals surface area contributed by atoms with Crippen LogP contribution < -0.4 is 9.47 Å². The molecule has 0 aliphatic carbocycles. The van der Waals surface area contributed by atoms with Crippen LogP contribution in [0.3, 0.4) is 0 Å². The van der Waals surface area contributed by atoms with Gasteiger partial charge in [-0.2, -0.15) is 0 Å². The van der Waals surface area contributed by atoms with Crippen LogP contribution in [0.25, 0.3) is 11.1 Å². The number of carbonyl (C=O) groups excluding carboxylic acids is 2. The lowest BCUT2D eigenvalue weighted by Crippen LogP contribution is -2.01. The molecule has 0 radical (unpaired) electrons. The minimum atomic E-state index is -0.342. The number of esters is 2. The number of rotatable bonds is 5. The summed E-state index contributed by atoms with van der Waals surface area (Å²) in [6.45, 7) is 6.71. The Kier molecular flexibility index (Phi) is 6.50. The Hall–Kier alpha value is -3.14.